The lowest BCUT2D eigenvalue weighted by Gasteiger charge is -2.20. The van der Waals surface area contributed by atoms with Gasteiger partial charge in [0, 0.05) is 12.6 Å². The summed E-state index contributed by atoms with van der Waals surface area (Å²) >= 11 is 6.15. The zero-order valence-electron chi connectivity index (χ0n) is 15.3. The van der Waals surface area contributed by atoms with E-state index in [1.807, 2.05) is 19.1 Å². The van der Waals surface area contributed by atoms with Crippen LogP contribution in [-0.2, 0) is 11.3 Å². The van der Waals surface area contributed by atoms with Crippen molar-refractivity contribution in [2.24, 2.45) is 0 Å². The molecule has 0 N–H and O–H groups in total. The lowest BCUT2D eigenvalue weighted by Crippen LogP contribution is -2.35. The van der Waals surface area contributed by atoms with Gasteiger partial charge in [-0.25, -0.2) is 4.39 Å². The van der Waals surface area contributed by atoms with Crippen LogP contribution in [0, 0.1) is 5.82 Å². The van der Waals surface area contributed by atoms with E-state index in [-0.39, 0.29) is 19.1 Å². The fourth-order valence-electron chi connectivity index (χ4n) is 2.58. The Morgan fingerprint density at radius 2 is 2.04 bits per heavy atom. The van der Waals surface area contributed by atoms with Gasteiger partial charge in [0.25, 0.3) is 5.91 Å². The lowest BCUT2D eigenvalue weighted by molar-refractivity contribution is -0.134. The number of ether oxygens (including phenoxy) is 1. The molecule has 3 aromatic rings. The van der Waals surface area contributed by atoms with Crippen molar-refractivity contribution in [2.45, 2.75) is 19.9 Å². The van der Waals surface area contributed by atoms with Crippen molar-refractivity contribution in [1.82, 2.24) is 15.1 Å². The summed E-state index contributed by atoms with van der Waals surface area (Å²) in [6.07, 6.45) is 0.747. The van der Waals surface area contributed by atoms with E-state index in [9.17, 15) is 9.18 Å². The van der Waals surface area contributed by atoms with Crippen LogP contribution in [0.2, 0.25) is 5.02 Å². The highest BCUT2D eigenvalue weighted by atomic mass is 35.5. The van der Waals surface area contributed by atoms with Crippen LogP contribution in [-0.4, -0.2) is 34.2 Å². The molecule has 2 aromatic carbocycles. The first kappa shape index (κ1) is 19.8. The summed E-state index contributed by atoms with van der Waals surface area (Å²) in [5, 5.41) is 8.52. The first-order chi connectivity index (χ1) is 13.6. The van der Waals surface area contributed by atoms with Crippen LogP contribution in [0.1, 0.15) is 19.2 Å². The molecule has 0 unspecified atom stereocenters. The van der Waals surface area contributed by atoms with Gasteiger partial charge in [0.05, 0.1) is 17.1 Å². The van der Waals surface area contributed by atoms with Crippen molar-refractivity contribution in [1.29, 1.82) is 0 Å². The molecule has 1 heterocycles. The number of carbonyl (C=O) groups is 1. The molecule has 0 saturated heterocycles. The first-order valence-electron chi connectivity index (χ1n) is 8.80. The van der Waals surface area contributed by atoms with Crippen LogP contribution in [0.3, 0.4) is 0 Å². The molecule has 1 amide bonds. The number of rotatable bonds is 8. The Morgan fingerprint density at radius 1 is 1.21 bits per heavy atom. The SMILES string of the molecule is CCCN(Cc1nnc(-c2ccccc2Cl)o1)C(=O)COc1cccc(F)c1. The van der Waals surface area contributed by atoms with E-state index >= 15 is 0 Å². The fourth-order valence-corrected chi connectivity index (χ4v) is 2.80. The number of amides is 1. The van der Waals surface area contributed by atoms with Gasteiger partial charge in [-0.15, -0.1) is 10.2 Å². The predicted octanol–water partition coefficient (Wildman–Crippen LogP) is 4.35. The molecular formula is C20H19ClFN3O3. The average molecular weight is 404 g/mol. The van der Waals surface area contributed by atoms with Gasteiger partial charge in [-0.3, -0.25) is 4.79 Å². The highest BCUT2D eigenvalue weighted by molar-refractivity contribution is 6.33. The van der Waals surface area contributed by atoms with Crippen LogP contribution in [0.5, 0.6) is 5.75 Å². The maximum absolute atomic E-state index is 13.2. The number of halogens is 2. The van der Waals surface area contributed by atoms with Crippen molar-refractivity contribution in [3.63, 3.8) is 0 Å². The van der Waals surface area contributed by atoms with Crippen LogP contribution in [0.4, 0.5) is 4.39 Å². The Morgan fingerprint density at radius 3 is 2.79 bits per heavy atom. The van der Waals surface area contributed by atoms with Crippen molar-refractivity contribution in [3.05, 3.63) is 65.3 Å². The zero-order chi connectivity index (χ0) is 19.9. The molecule has 0 aliphatic heterocycles. The minimum atomic E-state index is -0.423. The molecular weight excluding hydrogens is 385 g/mol. The molecule has 3 rings (SSSR count). The summed E-state index contributed by atoms with van der Waals surface area (Å²) in [4.78, 5) is 14.1. The van der Waals surface area contributed by atoms with E-state index in [0.717, 1.165) is 6.42 Å². The first-order valence-corrected chi connectivity index (χ1v) is 9.18. The summed E-state index contributed by atoms with van der Waals surface area (Å²) in [5.74, 6) is 0.198. The minimum absolute atomic E-state index is 0.149. The molecule has 0 atom stereocenters. The molecule has 0 saturated carbocycles. The summed E-state index contributed by atoms with van der Waals surface area (Å²) in [5.41, 5.74) is 0.630. The van der Waals surface area contributed by atoms with Gasteiger partial charge >= 0.3 is 0 Å². The molecule has 6 nitrogen and oxygen atoms in total. The van der Waals surface area contributed by atoms with E-state index in [2.05, 4.69) is 10.2 Å². The topological polar surface area (TPSA) is 68.5 Å². The fraction of sp³-hybridized carbons (Fsp3) is 0.250. The van der Waals surface area contributed by atoms with Crippen molar-refractivity contribution >= 4 is 17.5 Å². The van der Waals surface area contributed by atoms with E-state index in [0.29, 0.717) is 34.7 Å². The Bertz CT molecular complexity index is 948. The predicted molar refractivity (Wildman–Crippen MR) is 102 cm³/mol. The Balaban J connectivity index is 1.66. The normalized spacial score (nSPS) is 10.7. The third-order valence-electron chi connectivity index (χ3n) is 3.90. The summed E-state index contributed by atoms with van der Waals surface area (Å²) < 4.78 is 24.3. The summed E-state index contributed by atoms with van der Waals surface area (Å²) in [6.45, 7) is 2.39. The van der Waals surface area contributed by atoms with Crippen LogP contribution in [0.15, 0.2) is 52.9 Å². The number of hydrogen-bond donors (Lipinski definition) is 0. The average Bonchev–Trinajstić information content (AvgIpc) is 3.14. The maximum Gasteiger partial charge on any atom is 0.260 e. The van der Waals surface area contributed by atoms with E-state index in [1.165, 1.54) is 18.2 Å². The molecule has 8 heteroatoms. The number of benzene rings is 2. The number of nitrogens with zero attached hydrogens (tertiary/aromatic N) is 3. The molecule has 0 bridgehead atoms. The summed E-state index contributed by atoms with van der Waals surface area (Å²) in [7, 11) is 0. The number of carbonyl (C=O) groups excluding carboxylic acids is 1. The molecule has 0 radical (unpaired) electrons. The molecule has 28 heavy (non-hydrogen) atoms. The van der Waals surface area contributed by atoms with Gasteiger partial charge in [-0.05, 0) is 30.7 Å². The van der Waals surface area contributed by atoms with Crippen LogP contribution < -0.4 is 4.74 Å². The maximum atomic E-state index is 13.2. The minimum Gasteiger partial charge on any atom is -0.484 e. The van der Waals surface area contributed by atoms with Crippen LogP contribution in [0.25, 0.3) is 11.5 Å². The largest absolute Gasteiger partial charge is 0.484 e. The second-order valence-corrected chi connectivity index (χ2v) is 6.45. The third-order valence-corrected chi connectivity index (χ3v) is 4.23. The number of aromatic nitrogens is 2. The Labute approximate surface area is 166 Å². The van der Waals surface area contributed by atoms with Crippen molar-refractivity contribution in [3.8, 4) is 17.2 Å². The van der Waals surface area contributed by atoms with Gasteiger partial charge in [-0.1, -0.05) is 36.7 Å². The molecule has 0 aliphatic carbocycles. The highest BCUT2D eigenvalue weighted by Crippen LogP contribution is 2.26. The van der Waals surface area contributed by atoms with Crippen LogP contribution >= 0.6 is 11.6 Å². The van der Waals surface area contributed by atoms with E-state index in [4.69, 9.17) is 20.8 Å². The standard InChI is InChI=1S/C20H19ClFN3O3/c1-2-10-25(19(26)13-27-15-7-5-6-14(22)11-15)12-18-23-24-20(28-18)16-8-3-4-9-17(16)21/h3-9,11H,2,10,12-13H2,1H3. The monoisotopic (exact) mass is 403 g/mol. The second-order valence-electron chi connectivity index (χ2n) is 6.04. The van der Waals surface area contributed by atoms with Crippen molar-refractivity contribution in [2.75, 3.05) is 13.2 Å². The van der Waals surface area contributed by atoms with Crippen molar-refractivity contribution < 1.29 is 18.3 Å². The quantitative estimate of drug-likeness (QED) is 0.559. The van der Waals surface area contributed by atoms with E-state index < -0.39 is 5.82 Å². The summed E-state index contributed by atoms with van der Waals surface area (Å²) in [6, 6.07) is 12.8. The lowest BCUT2D eigenvalue weighted by atomic mass is 10.2. The number of hydrogen-bond acceptors (Lipinski definition) is 5. The zero-order valence-corrected chi connectivity index (χ0v) is 16.0. The van der Waals surface area contributed by atoms with Gasteiger partial charge in [0.15, 0.2) is 6.61 Å². The molecule has 1 aromatic heterocycles. The smallest absolute Gasteiger partial charge is 0.260 e. The van der Waals surface area contributed by atoms with Gasteiger partial charge in [-0.2, -0.15) is 0 Å². The van der Waals surface area contributed by atoms with Gasteiger partial charge in [0.2, 0.25) is 11.8 Å². The molecule has 0 spiro atoms. The van der Waals surface area contributed by atoms with Gasteiger partial charge in [0.1, 0.15) is 11.6 Å². The highest BCUT2D eigenvalue weighted by Gasteiger charge is 2.18. The molecule has 0 fully saturated rings. The molecule has 146 valence electrons. The molecule has 0 aliphatic rings. The Hall–Kier alpha value is -2.93. The van der Waals surface area contributed by atoms with Gasteiger partial charge < -0.3 is 14.1 Å². The third kappa shape index (κ3) is 5.07. The van der Waals surface area contributed by atoms with E-state index in [1.54, 1.807) is 23.1 Å². The Kier molecular flexibility index (Phi) is 6.60. The second kappa shape index (κ2) is 9.32.